The minimum atomic E-state index is -3.12. The molecular formula is C40H47BrF2N8O7S. The summed E-state index contributed by atoms with van der Waals surface area (Å²) in [6.45, 7) is 0.803. The molecule has 5 atom stereocenters. The third-order valence-electron chi connectivity index (χ3n) is 10.6. The number of alkyl halides is 2. The molecule has 4 heterocycles. The molecule has 0 radical (unpaired) electrons. The van der Waals surface area contributed by atoms with Crippen LogP contribution >= 0.6 is 27.7 Å². The lowest BCUT2D eigenvalue weighted by Crippen LogP contribution is -2.51. The molecule has 59 heavy (non-hydrogen) atoms. The number of benzene rings is 2. The van der Waals surface area contributed by atoms with Crippen molar-refractivity contribution in [2.75, 3.05) is 40.2 Å². The first-order valence-corrected chi connectivity index (χ1v) is 21.1. The molecule has 2 aliphatic rings. The smallest absolute Gasteiger partial charge is 0.407 e. The summed E-state index contributed by atoms with van der Waals surface area (Å²) in [5.74, 6) is 0.302. The molecule has 0 saturated carbocycles. The Morgan fingerprint density at radius 1 is 0.881 bits per heavy atom. The van der Waals surface area contributed by atoms with Crippen LogP contribution in [-0.2, 0) is 23.8 Å². The standard InChI is InChI=1S/C40H47BrF2N8O7S/c1-21(2)31(48-40(55)57-4)37(53)50-16-6-7-29(50)35-47-32(33(41)49-35)25-14-10-23(11-15-25)22-8-12-24(13-9-22)27-18-44-34(45-27)30-17-26(59-5)19-51(30)36(52)28(20-58-38(42)43)46-39(54)56-3/h8-15,18,21,26,28-31,38H,6-7,16-17,19-20H2,1-5H3,(H,44,45)(H,46,54)(H,47,49)(H,48,55)/t26-,28-,29-,30-,31-/m0/s1. The van der Waals surface area contributed by atoms with Crippen LogP contribution in [0.3, 0.4) is 0 Å². The Bertz CT molecular complexity index is 2100. The fourth-order valence-electron chi connectivity index (χ4n) is 7.44. The van der Waals surface area contributed by atoms with E-state index in [-0.39, 0.29) is 23.1 Å². The quantitative estimate of drug-likeness (QED) is 0.104. The zero-order chi connectivity index (χ0) is 42.4. The van der Waals surface area contributed by atoms with Gasteiger partial charge in [-0.1, -0.05) is 62.4 Å². The van der Waals surface area contributed by atoms with Crippen LogP contribution in [0.5, 0.6) is 0 Å². The number of likely N-dealkylation sites (tertiary alicyclic amines) is 2. The van der Waals surface area contributed by atoms with Crippen molar-refractivity contribution in [2.24, 2.45) is 5.92 Å². The van der Waals surface area contributed by atoms with Gasteiger partial charge in [0.05, 0.1) is 44.8 Å². The number of thioether (sulfide) groups is 1. The van der Waals surface area contributed by atoms with E-state index >= 15 is 0 Å². The number of aromatic amines is 2. The predicted octanol–water partition coefficient (Wildman–Crippen LogP) is 6.91. The first kappa shape index (κ1) is 43.6. The fourth-order valence-corrected chi connectivity index (χ4v) is 8.65. The number of methoxy groups -OCH3 is 2. The van der Waals surface area contributed by atoms with E-state index in [1.165, 1.54) is 12.0 Å². The van der Waals surface area contributed by atoms with Gasteiger partial charge in [-0.3, -0.25) is 9.59 Å². The first-order valence-electron chi connectivity index (χ1n) is 19.1. The van der Waals surface area contributed by atoms with Gasteiger partial charge in [-0.2, -0.15) is 20.5 Å². The molecule has 0 aliphatic carbocycles. The maximum Gasteiger partial charge on any atom is 0.407 e. The number of H-pyrrole nitrogens is 2. The highest BCUT2D eigenvalue weighted by molar-refractivity contribution is 9.10. The molecule has 6 rings (SSSR count). The summed E-state index contributed by atoms with van der Waals surface area (Å²) < 4.78 is 40.2. The summed E-state index contributed by atoms with van der Waals surface area (Å²) in [6, 6.07) is 13.1. The van der Waals surface area contributed by atoms with Crippen molar-refractivity contribution in [3.63, 3.8) is 0 Å². The Morgan fingerprint density at radius 2 is 1.51 bits per heavy atom. The number of rotatable bonds is 14. The molecule has 0 spiro atoms. The van der Waals surface area contributed by atoms with E-state index in [2.05, 4.69) is 51.0 Å². The number of ether oxygens (including phenoxy) is 3. The fraction of sp³-hybridized carbons (Fsp3) is 0.450. The van der Waals surface area contributed by atoms with Crippen LogP contribution in [0, 0.1) is 5.92 Å². The van der Waals surface area contributed by atoms with Crippen molar-refractivity contribution in [3.8, 4) is 33.6 Å². The minimum absolute atomic E-state index is 0.0586. The molecule has 0 bridgehead atoms. The Morgan fingerprint density at radius 3 is 2.12 bits per heavy atom. The summed E-state index contributed by atoms with van der Waals surface area (Å²) >= 11 is 5.22. The number of halogens is 3. The Balaban J connectivity index is 1.14. The van der Waals surface area contributed by atoms with E-state index in [0.29, 0.717) is 41.5 Å². The number of amides is 4. The second-order valence-electron chi connectivity index (χ2n) is 14.6. The average Bonchev–Trinajstić information content (AvgIpc) is 4.07. The summed E-state index contributed by atoms with van der Waals surface area (Å²) in [5, 5.41) is 5.05. The van der Waals surface area contributed by atoms with E-state index in [1.807, 2.05) is 68.6 Å². The molecule has 2 saturated heterocycles. The third-order valence-corrected chi connectivity index (χ3v) is 12.1. The molecule has 2 aliphatic heterocycles. The lowest BCUT2D eigenvalue weighted by molar-refractivity contribution is -0.150. The molecule has 15 nitrogen and oxygen atoms in total. The van der Waals surface area contributed by atoms with Crippen molar-refractivity contribution in [1.29, 1.82) is 0 Å². The zero-order valence-electron chi connectivity index (χ0n) is 33.2. The van der Waals surface area contributed by atoms with Crippen LogP contribution in [0.25, 0.3) is 33.6 Å². The molecule has 4 aromatic rings. The van der Waals surface area contributed by atoms with Crippen LogP contribution in [0.1, 0.15) is 56.8 Å². The molecule has 2 fully saturated rings. The molecule has 0 unspecified atom stereocenters. The average molecular weight is 902 g/mol. The van der Waals surface area contributed by atoms with Crippen molar-refractivity contribution in [2.45, 2.75) is 69.1 Å². The number of carbonyl (C=O) groups excluding carboxylic acids is 4. The number of hydrogen-bond donors (Lipinski definition) is 4. The lowest BCUT2D eigenvalue weighted by Gasteiger charge is -2.29. The van der Waals surface area contributed by atoms with Crippen molar-refractivity contribution >= 4 is 51.7 Å². The van der Waals surface area contributed by atoms with Crippen LogP contribution in [0.15, 0.2) is 59.3 Å². The van der Waals surface area contributed by atoms with Gasteiger partial charge < -0.3 is 44.6 Å². The van der Waals surface area contributed by atoms with E-state index < -0.39 is 49.4 Å². The van der Waals surface area contributed by atoms with Crippen LogP contribution in [-0.4, -0.2) is 118 Å². The molecule has 4 amide bonds. The maximum absolute atomic E-state index is 13.6. The second kappa shape index (κ2) is 19.4. The number of hydrogen-bond acceptors (Lipinski definition) is 10. The summed E-state index contributed by atoms with van der Waals surface area (Å²) in [5.41, 5.74) is 5.15. The topological polar surface area (TPSA) is 184 Å². The van der Waals surface area contributed by atoms with Gasteiger partial charge in [-0.25, -0.2) is 19.6 Å². The molecule has 4 N–H and O–H groups in total. The zero-order valence-corrected chi connectivity index (χ0v) is 35.6. The predicted molar refractivity (Wildman–Crippen MR) is 220 cm³/mol. The second-order valence-corrected chi connectivity index (χ2v) is 16.5. The molecular weight excluding hydrogens is 854 g/mol. The van der Waals surface area contributed by atoms with Gasteiger partial charge in [0.2, 0.25) is 11.8 Å². The maximum atomic E-state index is 13.6. The van der Waals surface area contributed by atoms with Crippen LogP contribution in [0.4, 0.5) is 18.4 Å². The first-order chi connectivity index (χ1) is 28.3. The Kier molecular flexibility index (Phi) is 14.3. The van der Waals surface area contributed by atoms with Gasteiger partial charge >= 0.3 is 18.8 Å². The van der Waals surface area contributed by atoms with Gasteiger partial charge in [-0.15, -0.1) is 0 Å². The number of aromatic nitrogens is 4. The number of nitrogens with one attached hydrogen (secondary N) is 4. The Hall–Kier alpha value is -5.01. The number of imidazole rings is 2. The van der Waals surface area contributed by atoms with Crippen molar-refractivity contribution in [1.82, 2.24) is 40.4 Å². The van der Waals surface area contributed by atoms with Crippen LogP contribution < -0.4 is 10.6 Å². The van der Waals surface area contributed by atoms with Gasteiger partial charge in [-0.05, 0) is 64.1 Å². The molecule has 316 valence electrons. The normalized spacial score (nSPS) is 18.9. The SMILES string of the molecule is COC(=O)N[C@@H](COC(F)F)C(=O)N1C[C@@H](SC)C[C@H]1c1ncc(-c2ccc(-c3ccc(-c4nc([C@@H]5CCCN5C(=O)[C@@H](NC(=O)OC)C(C)C)[nH]c4Br)cc3)cc2)[nH]1. The number of carbonyl (C=O) groups is 4. The van der Waals surface area contributed by atoms with E-state index in [9.17, 15) is 28.0 Å². The van der Waals surface area contributed by atoms with E-state index in [0.717, 1.165) is 47.9 Å². The minimum Gasteiger partial charge on any atom is -0.453 e. The lowest BCUT2D eigenvalue weighted by atomic mass is 10.0. The largest absolute Gasteiger partial charge is 0.453 e. The highest BCUT2D eigenvalue weighted by Crippen LogP contribution is 2.38. The molecule has 2 aromatic heterocycles. The highest BCUT2D eigenvalue weighted by atomic mass is 79.9. The van der Waals surface area contributed by atoms with Gasteiger partial charge in [0.15, 0.2) is 0 Å². The highest BCUT2D eigenvalue weighted by Gasteiger charge is 2.41. The molecule has 19 heteroatoms. The van der Waals surface area contributed by atoms with Gasteiger partial charge in [0.25, 0.3) is 0 Å². The summed E-state index contributed by atoms with van der Waals surface area (Å²) in [6.07, 6.45) is 4.15. The Labute approximate surface area is 352 Å². The van der Waals surface area contributed by atoms with E-state index in [1.54, 1.807) is 22.9 Å². The molecule has 2 aromatic carbocycles. The van der Waals surface area contributed by atoms with Gasteiger partial charge in [0, 0.05) is 23.9 Å². The summed E-state index contributed by atoms with van der Waals surface area (Å²) in [4.78, 5) is 70.7. The van der Waals surface area contributed by atoms with E-state index in [4.69, 9.17) is 9.72 Å². The summed E-state index contributed by atoms with van der Waals surface area (Å²) in [7, 11) is 2.39. The van der Waals surface area contributed by atoms with Gasteiger partial charge in [0.1, 0.15) is 34.0 Å². The number of alkyl carbamates (subject to hydrolysis) is 2. The monoisotopic (exact) mass is 900 g/mol. The van der Waals surface area contributed by atoms with Crippen LogP contribution in [0.2, 0.25) is 0 Å². The number of nitrogens with zero attached hydrogens (tertiary/aromatic N) is 4. The van der Waals surface area contributed by atoms with Crippen molar-refractivity contribution in [3.05, 3.63) is 71.0 Å². The van der Waals surface area contributed by atoms with Crippen molar-refractivity contribution < 1.29 is 42.2 Å². The third kappa shape index (κ3) is 10.1.